The molecule has 8 heteroatoms. The fourth-order valence-corrected chi connectivity index (χ4v) is 6.90. The Balaban J connectivity index is 0.000001000. The summed E-state index contributed by atoms with van der Waals surface area (Å²) in [6.45, 7) is 0. The molecule has 1 heterocycles. The van der Waals surface area contributed by atoms with E-state index in [9.17, 15) is 0 Å². The van der Waals surface area contributed by atoms with E-state index in [1.807, 2.05) is 0 Å². The Kier molecular flexibility index (Phi) is 2.86. The Bertz CT molecular complexity index is 479. The fourth-order valence-electron chi connectivity index (χ4n) is 3.81. The number of rotatable bonds is 0. The lowest BCUT2D eigenvalue weighted by molar-refractivity contribution is 0.200. The first kappa shape index (κ1) is 14.3. The second-order valence-corrected chi connectivity index (χ2v) is 8.41. The predicted octanol–water partition coefficient (Wildman–Crippen LogP) is 4.06. The first-order valence-electron chi connectivity index (χ1n) is 5.25. The van der Waals surface area contributed by atoms with Crippen molar-refractivity contribution >= 4 is 69.6 Å². The van der Waals surface area contributed by atoms with E-state index >= 15 is 0 Å². The minimum atomic E-state index is -1.40. The monoisotopic (exact) mass is 369 g/mol. The average Bonchev–Trinajstić information content (AvgIpc) is 2.88. The zero-order valence-electron chi connectivity index (χ0n) is 8.64. The van der Waals surface area contributed by atoms with Crippen LogP contribution in [0.3, 0.4) is 0 Å². The largest absolute Gasteiger partial charge is 0.870 e. The molecule has 1 N–H and O–H groups in total. The van der Waals surface area contributed by atoms with Gasteiger partial charge >= 0.3 is 0 Å². The Hall–Kier alpha value is 1.40. The van der Waals surface area contributed by atoms with E-state index < -0.39 is 14.1 Å². The van der Waals surface area contributed by atoms with Crippen molar-refractivity contribution in [3.05, 3.63) is 10.1 Å². The molecule has 0 amide bonds. The molecule has 0 radical (unpaired) electrons. The summed E-state index contributed by atoms with van der Waals surface area (Å²) < 4.78 is 4.12. The lowest BCUT2D eigenvalue weighted by atomic mass is 9.84. The highest BCUT2D eigenvalue weighted by molar-refractivity contribution is 6.65. The minimum Gasteiger partial charge on any atom is -0.870 e. The summed E-state index contributed by atoms with van der Waals surface area (Å²) in [4.78, 5) is -2.21. The van der Waals surface area contributed by atoms with Crippen molar-refractivity contribution in [3.63, 3.8) is 0 Å². The van der Waals surface area contributed by atoms with Gasteiger partial charge in [0.05, 0.1) is 22.3 Å². The maximum Gasteiger partial charge on any atom is 0.166 e. The number of ether oxygens (including phenoxy) is 1. The van der Waals surface area contributed by atoms with E-state index in [1.54, 1.807) is 0 Å². The van der Waals surface area contributed by atoms with Gasteiger partial charge in [-0.05, 0) is 12.3 Å². The average molecular weight is 372 g/mol. The summed E-state index contributed by atoms with van der Waals surface area (Å²) >= 11 is 38.6. The second kappa shape index (κ2) is 3.59. The van der Waals surface area contributed by atoms with Crippen molar-refractivity contribution in [2.75, 3.05) is 0 Å². The summed E-state index contributed by atoms with van der Waals surface area (Å²) in [7, 11) is 0. The van der Waals surface area contributed by atoms with Crippen LogP contribution in [0.25, 0.3) is 0 Å². The van der Waals surface area contributed by atoms with Gasteiger partial charge in [0.1, 0.15) is 9.75 Å². The van der Waals surface area contributed by atoms with Gasteiger partial charge in [0.15, 0.2) is 4.33 Å². The Morgan fingerprint density at radius 2 is 1.56 bits per heavy atom. The first-order chi connectivity index (χ1) is 7.78. The van der Waals surface area contributed by atoms with E-state index in [2.05, 4.69) is 0 Å². The summed E-state index contributed by atoms with van der Waals surface area (Å²) in [5, 5.41) is 0.571. The zero-order valence-corrected chi connectivity index (χ0v) is 13.2. The number of allylic oxidation sites excluding steroid dienone is 2. The van der Waals surface area contributed by atoms with Gasteiger partial charge in [-0.2, -0.15) is 0 Å². The topological polar surface area (TPSA) is 42.5 Å². The molecule has 3 aliphatic carbocycles. The van der Waals surface area contributed by atoms with Crippen LogP contribution in [0, 0.1) is 11.8 Å². The van der Waals surface area contributed by atoms with Crippen molar-refractivity contribution in [2.24, 2.45) is 11.8 Å². The molecule has 0 spiro atoms. The van der Waals surface area contributed by atoms with Gasteiger partial charge < -0.3 is 10.2 Å². The standard InChI is InChI=1S/C10H6Cl6O.H2O/c11-6-7(12)9(14)4-2(1-3-5(4)17-3)8(6,13)10(9,15)16;/h2-5H,1H2;1H2/p-1. The molecule has 102 valence electrons. The van der Waals surface area contributed by atoms with Crippen LogP contribution >= 0.6 is 69.6 Å². The third-order valence-corrected chi connectivity index (χ3v) is 8.93. The lowest BCUT2D eigenvalue weighted by Gasteiger charge is -2.33. The van der Waals surface area contributed by atoms with Crippen molar-refractivity contribution in [1.82, 2.24) is 0 Å². The lowest BCUT2D eigenvalue weighted by Crippen LogP contribution is -2.45. The highest BCUT2D eigenvalue weighted by atomic mass is 35.5. The third-order valence-electron chi connectivity index (χ3n) is 4.61. The van der Waals surface area contributed by atoms with E-state index in [1.165, 1.54) is 0 Å². The molecule has 1 aliphatic heterocycles. The Labute approximate surface area is 134 Å². The maximum absolute atomic E-state index is 6.64. The van der Waals surface area contributed by atoms with Crippen LogP contribution in [0.2, 0.25) is 0 Å². The highest BCUT2D eigenvalue weighted by Crippen LogP contribution is 2.80. The summed E-state index contributed by atoms with van der Waals surface area (Å²) in [6.07, 6.45) is 1.06. The van der Waals surface area contributed by atoms with Crippen LogP contribution in [-0.2, 0) is 4.74 Å². The number of alkyl halides is 4. The summed E-state index contributed by atoms with van der Waals surface area (Å²) in [6, 6.07) is 0. The minimum absolute atomic E-state index is 0. The maximum atomic E-state index is 6.64. The molecule has 2 nitrogen and oxygen atoms in total. The van der Waals surface area contributed by atoms with Gasteiger partial charge in [-0.1, -0.05) is 46.4 Å². The zero-order chi connectivity index (χ0) is 12.4. The molecule has 3 fully saturated rings. The van der Waals surface area contributed by atoms with Gasteiger partial charge in [0, 0.05) is 5.92 Å². The fraction of sp³-hybridized carbons (Fsp3) is 0.800. The molecular weight excluding hydrogens is 365 g/mol. The molecule has 0 aromatic rings. The third kappa shape index (κ3) is 1.09. The molecule has 0 aromatic carbocycles. The van der Waals surface area contributed by atoms with E-state index in [0.29, 0.717) is 5.03 Å². The number of hydrogen-bond acceptors (Lipinski definition) is 2. The Morgan fingerprint density at radius 3 is 2.17 bits per heavy atom. The highest BCUT2D eigenvalue weighted by Gasteiger charge is 2.87. The predicted molar refractivity (Wildman–Crippen MR) is 72.5 cm³/mol. The van der Waals surface area contributed by atoms with Gasteiger partial charge in [-0.3, -0.25) is 0 Å². The van der Waals surface area contributed by atoms with E-state index in [-0.39, 0.29) is 34.6 Å². The summed E-state index contributed by atoms with van der Waals surface area (Å²) in [5.41, 5.74) is 0. The molecule has 6 unspecified atom stereocenters. The van der Waals surface area contributed by atoms with Gasteiger partial charge in [-0.15, -0.1) is 23.2 Å². The van der Waals surface area contributed by atoms with Gasteiger partial charge in [-0.25, -0.2) is 0 Å². The van der Waals surface area contributed by atoms with Crippen LogP contribution in [0.4, 0.5) is 0 Å². The van der Waals surface area contributed by atoms with Crippen LogP contribution in [0.15, 0.2) is 10.1 Å². The van der Waals surface area contributed by atoms with Gasteiger partial charge in [0.2, 0.25) is 0 Å². The molecule has 2 bridgehead atoms. The number of epoxide rings is 1. The van der Waals surface area contributed by atoms with Crippen molar-refractivity contribution in [1.29, 1.82) is 0 Å². The molecule has 4 rings (SSSR count). The van der Waals surface area contributed by atoms with E-state index in [4.69, 9.17) is 74.3 Å². The van der Waals surface area contributed by atoms with Crippen molar-refractivity contribution in [3.8, 4) is 0 Å². The van der Waals surface area contributed by atoms with Crippen LogP contribution in [0.5, 0.6) is 0 Å². The molecule has 6 atom stereocenters. The van der Waals surface area contributed by atoms with Crippen LogP contribution < -0.4 is 0 Å². The normalized spacial score (nSPS) is 58.3. The van der Waals surface area contributed by atoms with Crippen molar-refractivity contribution in [2.45, 2.75) is 32.7 Å². The number of halogens is 6. The molecule has 18 heavy (non-hydrogen) atoms. The van der Waals surface area contributed by atoms with Crippen LogP contribution in [0.1, 0.15) is 6.42 Å². The molecule has 0 aromatic heterocycles. The van der Waals surface area contributed by atoms with Gasteiger partial charge in [0.25, 0.3) is 0 Å². The SMILES string of the molecule is ClC1=C(Cl)C2(Cl)C3C4OC4CC3C1(Cl)C2(Cl)Cl.[OH-]. The quantitative estimate of drug-likeness (QED) is 0.476. The second-order valence-electron chi connectivity index (χ2n) is 5.13. The Morgan fingerprint density at radius 1 is 1.00 bits per heavy atom. The molecule has 2 saturated carbocycles. The molecular formula is C10H7Cl6O2-. The smallest absolute Gasteiger partial charge is 0.166 e. The number of hydrogen-bond donors (Lipinski definition) is 0. The first-order valence-corrected chi connectivity index (χ1v) is 7.52. The molecule has 4 aliphatic rings. The number of fused-ring (bicyclic) bond motifs is 7. The summed E-state index contributed by atoms with van der Waals surface area (Å²) in [5.74, 6) is -0.0351. The van der Waals surface area contributed by atoms with Crippen LogP contribution in [-0.4, -0.2) is 31.8 Å². The van der Waals surface area contributed by atoms with Crippen molar-refractivity contribution < 1.29 is 10.2 Å². The van der Waals surface area contributed by atoms with E-state index in [0.717, 1.165) is 6.42 Å². The molecule has 1 saturated heterocycles.